The van der Waals surface area contributed by atoms with Crippen molar-refractivity contribution in [3.05, 3.63) is 53.7 Å². The molecule has 0 radical (unpaired) electrons. The molecule has 0 fully saturated rings. The van der Waals surface area contributed by atoms with E-state index in [1.54, 1.807) is 23.9 Å². The van der Waals surface area contributed by atoms with Gasteiger partial charge in [0.25, 0.3) is 5.91 Å². The summed E-state index contributed by atoms with van der Waals surface area (Å²) in [4.78, 5) is 20.1. The molecule has 3 rings (SSSR count). The van der Waals surface area contributed by atoms with Gasteiger partial charge in [0.1, 0.15) is 23.8 Å². The highest BCUT2D eigenvalue weighted by Crippen LogP contribution is 2.20. The highest BCUT2D eigenvalue weighted by Gasteiger charge is 2.15. The molecule has 0 aliphatic rings. The lowest BCUT2D eigenvalue weighted by atomic mass is 10.2. The van der Waals surface area contributed by atoms with E-state index in [-0.39, 0.29) is 18.6 Å². The second kappa shape index (κ2) is 7.90. The summed E-state index contributed by atoms with van der Waals surface area (Å²) in [6.07, 6.45) is 2.58. The minimum Gasteiger partial charge on any atom is -0.471 e. The number of carbonyl (C=O) groups excluding carboxylic acids is 1. The van der Waals surface area contributed by atoms with Gasteiger partial charge in [-0.05, 0) is 32.0 Å². The Kier molecular flexibility index (Phi) is 5.39. The van der Waals surface area contributed by atoms with Crippen LogP contribution in [0.2, 0.25) is 0 Å². The monoisotopic (exact) mass is 370 g/mol. The van der Waals surface area contributed by atoms with Crippen LogP contribution in [0, 0.1) is 5.82 Å². The Labute approximate surface area is 155 Å². The third kappa shape index (κ3) is 4.43. The lowest BCUT2D eigenvalue weighted by molar-refractivity contribution is 0.0942. The third-order valence-electron chi connectivity index (χ3n) is 3.69. The minimum atomic E-state index is -0.425. The number of aromatic nitrogens is 5. The Bertz CT molecular complexity index is 922. The average Bonchev–Trinajstić information content (AvgIpc) is 3.01. The zero-order chi connectivity index (χ0) is 19.4. The van der Waals surface area contributed by atoms with E-state index < -0.39 is 5.82 Å². The minimum absolute atomic E-state index is 0.0456. The summed E-state index contributed by atoms with van der Waals surface area (Å²) in [6, 6.07) is 6.15. The molecule has 3 aromatic rings. The Balaban J connectivity index is 1.71. The fourth-order valence-corrected chi connectivity index (χ4v) is 2.34. The van der Waals surface area contributed by atoms with Crippen molar-refractivity contribution in [3.8, 4) is 17.3 Å². The molecule has 0 aliphatic carbocycles. The summed E-state index contributed by atoms with van der Waals surface area (Å²) >= 11 is 0. The molecule has 1 amide bonds. The van der Waals surface area contributed by atoms with Crippen molar-refractivity contribution in [2.75, 3.05) is 0 Å². The number of pyridine rings is 2. The van der Waals surface area contributed by atoms with E-state index in [0.717, 1.165) is 6.20 Å². The Morgan fingerprint density at radius 3 is 2.67 bits per heavy atom. The SMILES string of the molecule is CC(C)NC(=O)c1ccc(OCc2c(-c3ccc(F)cn3)nnn2C)nc1. The summed E-state index contributed by atoms with van der Waals surface area (Å²) in [7, 11) is 1.73. The van der Waals surface area contributed by atoms with Crippen LogP contribution in [-0.2, 0) is 13.7 Å². The summed E-state index contributed by atoms with van der Waals surface area (Å²) in [5.41, 5.74) is 2.12. The van der Waals surface area contributed by atoms with Crippen LogP contribution in [0.1, 0.15) is 29.9 Å². The largest absolute Gasteiger partial charge is 0.471 e. The highest BCUT2D eigenvalue weighted by molar-refractivity contribution is 5.94. The maximum Gasteiger partial charge on any atom is 0.253 e. The number of nitrogens with zero attached hydrogens (tertiary/aromatic N) is 5. The molecule has 0 unspecified atom stereocenters. The van der Waals surface area contributed by atoms with Crippen molar-refractivity contribution in [2.24, 2.45) is 7.05 Å². The average molecular weight is 370 g/mol. The maximum atomic E-state index is 13.1. The van der Waals surface area contributed by atoms with Crippen LogP contribution in [0.25, 0.3) is 11.4 Å². The number of hydrogen-bond acceptors (Lipinski definition) is 6. The van der Waals surface area contributed by atoms with Gasteiger partial charge < -0.3 is 10.1 Å². The first-order chi connectivity index (χ1) is 12.9. The van der Waals surface area contributed by atoms with E-state index in [1.807, 2.05) is 13.8 Å². The van der Waals surface area contributed by atoms with Gasteiger partial charge in [-0.2, -0.15) is 0 Å². The zero-order valence-electron chi connectivity index (χ0n) is 15.2. The van der Waals surface area contributed by atoms with Crippen molar-refractivity contribution < 1.29 is 13.9 Å². The summed E-state index contributed by atoms with van der Waals surface area (Å²) < 4.78 is 20.3. The highest BCUT2D eigenvalue weighted by atomic mass is 19.1. The standard InChI is InChI=1S/C18H19FN6O2/c1-11(2)22-18(26)12-4-7-16(21-8-12)27-10-15-17(23-24-25(15)3)14-6-5-13(19)9-20-14/h4-9,11H,10H2,1-3H3,(H,22,26). The van der Waals surface area contributed by atoms with E-state index in [9.17, 15) is 9.18 Å². The molecule has 0 aliphatic heterocycles. The topological polar surface area (TPSA) is 94.8 Å². The lowest BCUT2D eigenvalue weighted by Gasteiger charge is -2.09. The predicted octanol–water partition coefficient (Wildman–Crippen LogP) is 2.13. The van der Waals surface area contributed by atoms with Crippen molar-refractivity contribution in [1.82, 2.24) is 30.3 Å². The van der Waals surface area contributed by atoms with Crippen molar-refractivity contribution in [3.63, 3.8) is 0 Å². The van der Waals surface area contributed by atoms with Gasteiger partial charge in [-0.1, -0.05) is 5.21 Å². The first-order valence-corrected chi connectivity index (χ1v) is 8.34. The number of halogens is 1. The first-order valence-electron chi connectivity index (χ1n) is 8.34. The number of aryl methyl sites for hydroxylation is 1. The van der Waals surface area contributed by atoms with Gasteiger partial charge in [0, 0.05) is 25.4 Å². The van der Waals surface area contributed by atoms with Gasteiger partial charge in [0.15, 0.2) is 0 Å². The molecule has 0 spiro atoms. The van der Waals surface area contributed by atoms with E-state index in [2.05, 4.69) is 25.6 Å². The van der Waals surface area contributed by atoms with Crippen molar-refractivity contribution >= 4 is 5.91 Å². The molecule has 27 heavy (non-hydrogen) atoms. The predicted molar refractivity (Wildman–Crippen MR) is 95.4 cm³/mol. The molecule has 3 heterocycles. The fraction of sp³-hybridized carbons (Fsp3) is 0.278. The maximum absolute atomic E-state index is 13.1. The third-order valence-corrected chi connectivity index (χ3v) is 3.69. The normalized spacial score (nSPS) is 10.9. The van der Waals surface area contributed by atoms with Gasteiger partial charge in [0.05, 0.1) is 17.5 Å². The van der Waals surface area contributed by atoms with Crippen LogP contribution >= 0.6 is 0 Å². The van der Waals surface area contributed by atoms with Gasteiger partial charge >= 0.3 is 0 Å². The Hall–Kier alpha value is -3.36. The second-order valence-electron chi connectivity index (χ2n) is 6.17. The van der Waals surface area contributed by atoms with Crippen LogP contribution in [0.15, 0.2) is 36.7 Å². The van der Waals surface area contributed by atoms with Crippen LogP contribution in [-0.4, -0.2) is 36.9 Å². The number of hydrogen-bond donors (Lipinski definition) is 1. The van der Waals surface area contributed by atoms with Gasteiger partial charge in [0.2, 0.25) is 5.88 Å². The van der Waals surface area contributed by atoms with Crippen LogP contribution in [0.5, 0.6) is 5.88 Å². The van der Waals surface area contributed by atoms with Crippen LogP contribution < -0.4 is 10.1 Å². The molecule has 0 aromatic carbocycles. The smallest absolute Gasteiger partial charge is 0.253 e. The zero-order valence-corrected chi connectivity index (χ0v) is 15.2. The molecule has 3 aromatic heterocycles. The molecule has 0 atom stereocenters. The van der Waals surface area contributed by atoms with Crippen molar-refractivity contribution in [1.29, 1.82) is 0 Å². The molecule has 9 heteroatoms. The number of amides is 1. The van der Waals surface area contributed by atoms with Gasteiger partial charge in [-0.25, -0.2) is 14.1 Å². The first kappa shape index (κ1) is 18.4. The molecule has 0 saturated heterocycles. The number of carbonyl (C=O) groups is 1. The summed E-state index contributed by atoms with van der Waals surface area (Å²) in [5.74, 6) is -0.258. The Morgan fingerprint density at radius 1 is 1.22 bits per heavy atom. The fourth-order valence-electron chi connectivity index (χ4n) is 2.34. The van der Waals surface area contributed by atoms with E-state index in [4.69, 9.17) is 4.74 Å². The van der Waals surface area contributed by atoms with Gasteiger partial charge in [-0.3, -0.25) is 9.78 Å². The lowest BCUT2D eigenvalue weighted by Crippen LogP contribution is -2.30. The number of rotatable bonds is 6. The molecule has 0 bridgehead atoms. The Morgan fingerprint density at radius 2 is 2.04 bits per heavy atom. The van der Waals surface area contributed by atoms with E-state index >= 15 is 0 Å². The molecule has 0 saturated carbocycles. The molecular formula is C18H19FN6O2. The summed E-state index contributed by atoms with van der Waals surface area (Å²) in [6.45, 7) is 3.92. The molecule has 1 N–H and O–H groups in total. The molecular weight excluding hydrogens is 351 g/mol. The number of nitrogens with one attached hydrogen (secondary N) is 1. The number of ether oxygens (including phenoxy) is 1. The molecule has 140 valence electrons. The van der Waals surface area contributed by atoms with Gasteiger partial charge in [-0.15, -0.1) is 5.10 Å². The van der Waals surface area contributed by atoms with Crippen molar-refractivity contribution in [2.45, 2.75) is 26.5 Å². The van der Waals surface area contributed by atoms with E-state index in [0.29, 0.717) is 28.5 Å². The second-order valence-corrected chi connectivity index (χ2v) is 6.17. The van der Waals surface area contributed by atoms with Crippen LogP contribution in [0.3, 0.4) is 0 Å². The van der Waals surface area contributed by atoms with E-state index in [1.165, 1.54) is 18.3 Å². The quantitative estimate of drug-likeness (QED) is 0.714. The summed E-state index contributed by atoms with van der Waals surface area (Å²) in [5, 5.41) is 10.8. The van der Waals surface area contributed by atoms with Crippen LogP contribution in [0.4, 0.5) is 4.39 Å². The molecule has 8 nitrogen and oxygen atoms in total.